The minimum absolute atomic E-state index is 0.770. The number of benzene rings is 2. The highest BCUT2D eigenvalue weighted by Crippen LogP contribution is 2.12. The van der Waals surface area contributed by atoms with E-state index >= 15 is 0 Å². The SMILES string of the molecule is CSC(=Nc1ccccc1)N/N=C(/C)c1ccccc1. The Balaban J connectivity index is 2.10. The van der Waals surface area contributed by atoms with Crippen molar-refractivity contribution < 1.29 is 0 Å². The van der Waals surface area contributed by atoms with Crippen molar-refractivity contribution in [1.29, 1.82) is 0 Å². The number of amidine groups is 1. The molecule has 3 nitrogen and oxygen atoms in total. The van der Waals surface area contributed by atoms with Gasteiger partial charge in [-0.15, -0.1) is 0 Å². The second kappa shape index (κ2) is 7.50. The summed E-state index contributed by atoms with van der Waals surface area (Å²) >= 11 is 1.53. The smallest absolute Gasteiger partial charge is 0.182 e. The van der Waals surface area contributed by atoms with E-state index in [1.807, 2.05) is 73.8 Å². The highest BCUT2D eigenvalue weighted by molar-refractivity contribution is 8.13. The normalized spacial score (nSPS) is 12.3. The molecular weight excluding hydrogens is 266 g/mol. The number of rotatable bonds is 3. The van der Waals surface area contributed by atoms with E-state index in [2.05, 4.69) is 15.5 Å². The van der Waals surface area contributed by atoms with Crippen LogP contribution in [-0.4, -0.2) is 17.1 Å². The average molecular weight is 283 g/mol. The molecule has 2 aromatic carbocycles. The summed E-state index contributed by atoms with van der Waals surface area (Å²) in [7, 11) is 0. The molecule has 0 amide bonds. The second-order valence-corrected chi connectivity index (χ2v) is 4.93. The zero-order valence-corrected chi connectivity index (χ0v) is 12.4. The minimum Gasteiger partial charge on any atom is -0.256 e. The largest absolute Gasteiger partial charge is 0.256 e. The van der Waals surface area contributed by atoms with Gasteiger partial charge in [-0.1, -0.05) is 60.3 Å². The number of nitrogens with one attached hydrogen (secondary N) is 1. The van der Waals surface area contributed by atoms with Crippen molar-refractivity contribution in [2.75, 3.05) is 6.26 Å². The third-order valence-corrected chi connectivity index (χ3v) is 3.26. The van der Waals surface area contributed by atoms with Crippen LogP contribution in [0, 0.1) is 0 Å². The first-order valence-electron chi connectivity index (χ1n) is 6.33. The predicted molar refractivity (Wildman–Crippen MR) is 88.8 cm³/mol. The summed E-state index contributed by atoms with van der Waals surface area (Å²) in [6.45, 7) is 1.97. The minimum atomic E-state index is 0.770. The first kappa shape index (κ1) is 14.3. The Morgan fingerprint density at radius 1 is 0.950 bits per heavy atom. The topological polar surface area (TPSA) is 36.8 Å². The molecule has 0 saturated carbocycles. The van der Waals surface area contributed by atoms with Crippen molar-refractivity contribution in [3.05, 3.63) is 66.2 Å². The summed E-state index contributed by atoms with van der Waals surface area (Å²) in [4.78, 5) is 4.50. The third kappa shape index (κ3) is 4.24. The van der Waals surface area contributed by atoms with Crippen LogP contribution in [0.15, 0.2) is 70.8 Å². The van der Waals surface area contributed by atoms with Crippen LogP contribution in [0.5, 0.6) is 0 Å². The van der Waals surface area contributed by atoms with Crippen molar-refractivity contribution in [3.63, 3.8) is 0 Å². The molecule has 4 heteroatoms. The number of nitrogens with zero attached hydrogens (tertiary/aromatic N) is 2. The molecule has 0 spiro atoms. The molecule has 0 saturated heterocycles. The van der Waals surface area contributed by atoms with Crippen molar-refractivity contribution in [1.82, 2.24) is 5.43 Å². The van der Waals surface area contributed by atoms with E-state index in [1.165, 1.54) is 11.8 Å². The molecule has 0 unspecified atom stereocenters. The lowest BCUT2D eigenvalue weighted by Crippen LogP contribution is -2.15. The van der Waals surface area contributed by atoms with Gasteiger partial charge in [0.15, 0.2) is 5.17 Å². The van der Waals surface area contributed by atoms with Crippen molar-refractivity contribution >= 4 is 28.3 Å². The number of para-hydroxylation sites is 1. The molecule has 0 aliphatic heterocycles. The fourth-order valence-electron chi connectivity index (χ4n) is 1.61. The van der Waals surface area contributed by atoms with E-state index in [0.717, 1.165) is 22.1 Å². The molecule has 1 N–H and O–H groups in total. The number of thioether (sulfide) groups is 1. The summed E-state index contributed by atoms with van der Waals surface area (Å²) in [5, 5.41) is 5.15. The fourth-order valence-corrected chi connectivity index (χ4v) is 1.95. The molecule has 0 radical (unpaired) electrons. The van der Waals surface area contributed by atoms with Crippen LogP contribution >= 0.6 is 11.8 Å². The van der Waals surface area contributed by atoms with Crippen LogP contribution in [-0.2, 0) is 0 Å². The Labute approximate surface area is 123 Å². The number of hydrogen-bond acceptors (Lipinski definition) is 3. The van der Waals surface area contributed by atoms with E-state index < -0.39 is 0 Å². The van der Waals surface area contributed by atoms with Crippen LogP contribution < -0.4 is 5.43 Å². The van der Waals surface area contributed by atoms with Gasteiger partial charge in [-0.25, -0.2) is 4.99 Å². The van der Waals surface area contributed by atoms with Crippen molar-refractivity contribution in [2.24, 2.45) is 10.1 Å². The summed E-state index contributed by atoms with van der Waals surface area (Å²) in [6.07, 6.45) is 1.97. The highest BCUT2D eigenvalue weighted by atomic mass is 32.2. The Morgan fingerprint density at radius 3 is 2.15 bits per heavy atom. The molecule has 0 heterocycles. The van der Waals surface area contributed by atoms with Gasteiger partial charge in [-0.2, -0.15) is 5.10 Å². The van der Waals surface area contributed by atoms with Gasteiger partial charge in [-0.3, -0.25) is 5.43 Å². The highest BCUT2D eigenvalue weighted by Gasteiger charge is 1.98. The maximum Gasteiger partial charge on any atom is 0.182 e. The monoisotopic (exact) mass is 283 g/mol. The summed E-state index contributed by atoms with van der Waals surface area (Å²) in [5.41, 5.74) is 5.96. The Hall–Kier alpha value is -2.07. The Bertz CT molecular complexity index is 592. The third-order valence-electron chi connectivity index (χ3n) is 2.69. The molecule has 20 heavy (non-hydrogen) atoms. The van der Waals surface area contributed by atoms with Crippen molar-refractivity contribution in [3.8, 4) is 0 Å². The summed E-state index contributed by atoms with van der Waals surface area (Å²) < 4.78 is 0. The van der Waals surface area contributed by atoms with Crippen LogP contribution in [0.4, 0.5) is 5.69 Å². The average Bonchev–Trinajstić information content (AvgIpc) is 2.53. The van der Waals surface area contributed by atoms with Gasteiger partial charge in [0.1, 0.15) is 0 Å². The maximum atomic E-state index is 4.50. The molecule has 0 aromatic heterocycles. The van der Waals surface area contributed by atoms with E-state index in [4.69, 9.17) is 0 Å². The van der Waals surface area contributed by atoms with E-state index in [1.54, 1.807) is 0 Å². The van der Waals surface area contributed by atoms with Crippen molar-refractivity contribution in [2.45, 2.75) is 6.92 Å². The fraction of sp³-hybridized carbons (Fsp3) is 0.125. The summed E-state index contributed by atoms with van der Waals surface area (Å²) in [6, 6.07) is 19.9. The van der Waals surface area contributed by atoms with Crippen LogP contribution in [0.2, 0.25) is 0 Å². The molecule has 0 bridgehead atoms. The number of hydrogen-bond donors (Lipinski definition) is 1. The Morgan fingerprint density at radius 2 is 1.55 bits per heavy atom. The molecule has 0 aliphatic rings. The molecule has 0 aliphatic carbocycles. The van der Waals surface area contributed by atoms with Gasteiger partial charge in [0.25, 0.3) is 0 Å². The molecule has 2 aromatic rings. The summed E-state index contributed by atoms with van der Waals surface area (Å²) in [5.74, 6) is 0. The van der Waals surface area contributed by atoms with E-state index in [9.17, 15) is 0 Å². The quantitative estimate of drug-likeness (QED) is 0.524. The zero-order valence-electron chi connectivity index (χ0n) is 11.6. The van der Waals surface area contributed by atoms with Gasteiger partial charge >= 0.3 is 0 Å². The van der Waals surface area contributed by atoms with Crippen LogP contribution in [0.3, 0.4) is 0 Å². The van der Waals surface area contributed by atoms with Crippen LogP contribution in [0.25, 0.3) is 0 Å². The van der Waals surface area contributed by atoms with E-state index in [0.29, 0.717) is 0 Å². The molecule has 0 fully saturated rings. The van der Waals surface area contributed by atoms with Crippen LogP contribution in [0.1, 0.15) is 12.5 Å². The number of aliphatic imine (C=N–C) groups is 1. The first-order valence-corrected chi connectivity index (χ1v) is 7.55. The lowest BCUT2D eigenvalue weighted by Gasteiger charge is -2.04. The van der Waals surface area contributed by atoms with Gasteiger partial charge in [0.05, 0.1) is 11.4 Å². The lowest BCUT2D eigenvalue weighted by molar-refractivity contribution is 1.04. The zero-order chi connectivity index (χ0) is 14.2. The number of hydrazone groups is 1. The molecule has 2 rings (SSSR count). The van der Waals surface area contributed by atoms with Gasteiger partial charge in [0, 0.05) is 0 Å². The second-order valence-electron chi connectivity index (χ2n) is 4.13. The molecule has 0 atom stereocenters. The van der Waals surface area contributed by atoms with Gasteiger partial charge in [-0.05, 0) is 30.9 Å². The first-order chi connectivity index (χ1) is 9.79. The van der Waals surface area contributed by atoms with E-state index in [-0.39, 0.29) is 0 Å². The van der Waals surface area contributed by atoms with Gasteiger partial charge in [0.2, 0.25) is 0 Å². The molecule has 102 valence electrons. The standard InChI is InChI=1S/C16H17N3S/c1-13(14-9-5-3-6-10-14)18-19-16(20-2)17-15-11-7-4-8-12-15/h3-12H,1-2H3,(H,17,19)/b18-13-. The lowest BCUT2D eigenvalue weighted by atomic mass is 10.1. The van der Waals surface area contributed by atoms with Gasteiger partial charge < -0.3 is 0 Å². The Kier molecular flexibility index (Phi) is 5.38. The predicted octanol–water partition coefficient (Wildman–Crippen LogP) is 4.05. The molecular formula is C16H17N3S. The maximum absolute atomic E-state index is 4.50.